The molecule has 1 saturated heterocycles. The SMILES string of the molecule is CC(C)(CN)N1CCC(=O)CC1. The summed E-state index contributed by atoms with van der Waals surface area (Å²) in [5.74, 6) is 0.388. The lowest BCUT2D eigenvalue weighted by molar-refractivity contribution is -0.122. The van der Waals surface area contributed by atoms with Gasteiger partial charge in [-0.3, -0.25) is 9.69 Å². The Kier molecular flexibility index (Phi) is 2.85. The van der Waals surface area contributed by atoms with Crippen molar-refractivity contribution in [1.29, 1.82) is 0 Å². The number of carbonyl (C=O) groups excluding carboxylic acids is 1. The lowest BCUT2D eigenvalue weighted by Crippen LogP contribution is -2.52. The Morgan fingerprint density at radius 2 is 1.92 bits per heavy atom. The monoisotopic (exact) mass is 170 g/mol. The van der Waals surface area contributed by atoms with Crippen LogP contribution in [0.3, 0.4) is 0 Å². The summed E-state index contributed by atoms with van der Waals surface area (Å²) in [5.41, 5.74) is 5.70. The van der Waals surface area contributed by atoms with E-state index in [0.717, 1.165) is 13.1 Å². The van der Waals surface area contributed by atoms with Crippen molar-refractivity contribution in [2.75, 3.05) is 19.6 Å². The number of nitrogens with zero attached hydrogens (tertiary/aromatic N) is 1. The molecule has 0 unspecified atom stereocenters. The molecule has 0 radical (unpaired) electrons. The van der Waals surface area contributed by atoms with Crippen molar-refractivity contribution >= 4 is 5.78 Å². The van der Waals surface area contributed by atoms with Gasteiger partial charge in [0.2, 0.25) is 0 Å². The van der Waals surface area contributed by atoms with E-state index in [4.69, 9.17) is 5.73 Å². The number of Topliss-reactive ketones (excluding diaryl/α,β-unsaturated/α-hetero) is 1. The van der Waals surface area contributed by atoms with Gasteiger partial charge in [0.15, 0.2) is 0 Å². The Hall–Kier alpha value is -0.410. The summed E-state index contributed by atoms with van der Waals surface area (Å²) in [6.07, 6.45) is 1.40. The van der Waals surface area contributed by atoms with Crippen molar-refractivity contribution in [2.45, 2.75) is 32.2 Å². The molecule has 1 aliphatic heterocycles. The van der Waals surface area contributed by atoms with E-state index in [1.807, 2.05) is 0 Å². The number of hydrogen-bond donors (Lipinski definition) is 1. The van der Waals surface area contributed by atoms with Crippen molar-refractivity contribution < 1.29 is 4.79 Å². The molecule has 12 heavy (non-hydrogen) atoms. The third-order valence-corrected chi connectivity index (χ3v) is 2.68. The molecule has 1 heterocycles. The Labute approximate surface area is 73.9 Å². The van der Waals surface area contributed by atoms with Gasteiger partial charge in [-0.2, -0.15) is 0 Å². The summed E-state index contributed by atoms with van der Waals surface area (Å²) >= 11 is 0. The minimum Gasteiger partial charge on any atom is -0.329 e. The van der Waals surface area contributed by atoms with E-state index in [9.17, 15) is 4.79 Å². The zero-order valence-electron chi connectivity index (χ0n) is 7.97. The second-order valence-electron chi connectivity index (χ2n) is 4.04. The second-order valence-corrected chi connectivity index (χ2v) is 4.04. The van der Waals surface area contributed by atoms with E-state index in [1.165, 1.54) is 0 Å². The summed E-state index contributed by atoms with van der Waals surface area (Å²) in [5, 5.41) is 0. The van der Waals surface area contributed by atoms with Gasteiger partial charge in [0.05, 0.1) is 0 Å². The molecule has 0 aromatic heterocycles. The molecule has 1 fully saturated rings. The van der Waals surface area contributed by atoms with Crippen LogP contribution in [0.25, 0.3) is 0 Å². The molecule has 0 spiro atoms. The molecule has 0 aromatic carbocycles. The molecule has 2 N–H and O–H groups in total. The first-order valence-electron chi connectivity index (χ1n) is 4.53. The summed E-state index contributed by atoms with van der Waals surface area (Å²) in [6, 6.07) is 0. The Balaban J connectivity index is 2.49. The smallest absolute Gasteiger partial charge is 0.135 e. The molecule has 1 rings (SSSR count). The fourth-order valence-electron chi connectivity index (χ4n) is 1.49. The Morgan fingerprint density at radius 1 is 1.42 bits per heavy atom. The number of carbonyl (C=O) groups is 1. The molecule has 0 saturated carbocycles. The van der Waals surface area contributed by atoms with Crippen molar-refractivity contribution in [3.05, 3.63) is 0 Å². The quantitative estimate of drug-likeness (QED) is 0.652. The average molecular weight is 170 g/mol. The van der Waals surface area contributed by atoms with Crippen LogP contribution >= 0.6 is 0 Å². The molecule has 3 nitrogen and oxygen atoms in total. The number of piperidine rings is 1. The molecule has 0 aromatic rings. The summed E-state index contributed by atoms with van der Waals surface area (Å²) in [6.45, 7) is 6.67. The van der Waals surface area contributed by atoms with Crippen LogP contribution in [-0.2, 0) is 4.79 Å². The van der Waals surface area contributed by atoms with Gasteiger partial charge in [-0.1, -0.05) is 0 Å². The third kappa shape index (κ3) is 2.05. The van der Waals surface area contributed by atoms with Gasteiger partial charge in [0.25, 0.3) is 0 Å². The van der Waals surface area contributed by atoms with Crippen LogP contribution in [0.15, 0.2) is 0 Å². The highest BCUT2D eigenvalue weighted by atomic mass is 16.1. The van der Waals surface area contributed by atoms with Crippen LogP contribution in [0.5, 0.6) is 0 Å². The summed E-state index contributed by atoms with van der Waals surface area (Å²) in [4.78, 5) is 13.3. The van der Waals surface area contributed by atoms with E-state index in [1.54, 1.807) is 0 Å². The topological polar surface area (TPSA) is 46.3 Å². The standard InChI is InChI=1S/C9H18N2O/c1-9(2,7-10)11-5-3-8(12)4-6-11/h3-7,10H2,1-2H3. The van der Waals surface area contributed by atoms with Crippen LogP contribution in [0.1, 0.15) is 26.7 Å². The molecular weight excluding hydrogens is 152 g/mol. The third-order valence-electron chi connectivity index (χ3n) is 2.68. The molecule has 3 heteroatoms. The first kappa shape index (κ1) is 9.68. The molecule has 0 aliphatic carbocycles. The Bertz CT molecular complexity index is 167. The van der Waals surface area contributed by atoms with Crippen LogP contribution in [0.2, 0.25) is 0 Å². The maximum absolute atomic E-state index is 11.0. The van der Waals surface area contributed by atoms with Gasteiger partial charge in [0, 0.05) is 38.0 Å². The highest BCUT2D eigenvalue weighted by molar-refractivity contribution is 5.79. The number of nitrogens with two attached hydrogens (primary N) is 1. The van der Waals surface area contributed by atoms with Crippen molar-refractivity contribution in [1.82, 2.24) is 4.90 Å². The van der Waals surface area contributed by atoms with E-state index in [-0.39, 0.29) is 5.54 Å². The lowest BCUT2D eigenvalue weighted by atomic mass is 9.98. The highest BCUT2D eigenvalue weighted by Gasteiger charge is 2.28. The summed E-state index contributed by atoms with van der Waals surface area (Å²) in [7, 11) is 0. The molecule has 0 atom stereocenters. The fraction of sp³-hybridized carbons (Fsp3) is 0.889. The number of rotatable bonds is 2. The number of likely N-dealkylation sites (tertiary alicyclic amines) is 1. The fourth-order valence-corrected chi connectivity index (χ4v) is 1.49. The van der Waals surface area contributed by atoms with E-state index < -0.39 is 0 Å². The van der Waals surface area contributed by atoms with Crippen LogP contribution in [0, 0.1) is 0 Å². The zero-order chi connectivity index (χ0) is 9.19. The highest BCUT2D eigenvalue weighted by Crippen LogP contribution is 2.17. The minimum atomic E-state index is 0.0562. The van der Waals surface area contributed by atoms with Crippen molar-refractivity contribution in [3.8, 4) is 0 Å². The number of hydrogen-bond acceptors (Lipinski definition) is 3. The normalized spacial score (nSPS) is 21.4. The van der Waals surface area contributed by atoms with Crippen LogP contribution < -0.4 is 5.73 Å². The summed E-state index contributed by atoms with van der Waals surface area (Å²) < 4.78 is 0. The van der Waals surface area contributed by atoms with E-state index in [2.05, 4.69) is 18.7 Å². The maximum Gasteiger partial charge on any atom is 0.135 e. The van der Waals surface area contributed by atoms with Gasteiger partial charge in [0.1, 0.15) is 5.78 Å². The minimum absolute atomic E-state index is 0.0562. The Morgan fingerprint density at radius 3 is 2.33 bits per heavy atom. The van der Waals surface area contributed by atoms with Crippen LogP contribution in [-0.4, -0.2) is 35.9 Å². The van der Waals surface area contributed by atoms with Gasteiger partial charge < -0.3 is 5.73 Å². The number of ketones is 1. The molecule has 70 valence electrons. The lowest BCUT2D eigenvalue weighted by Gasteiger charge is -2.39. The molecule has 0 bridgehead atoms. The molecule has 1 aliphatic rings. The first-order valence-corrected chi connectivity index (χ1v) is 4.53. The predicted octanol–water partition coefficient (Wildman–Crippen LogP) is 0.389. The van der Waals surface area contributed by atoms with E-state index in [0.29, 0.717) is 25.2 Å². The molecule has 0 amide bonds. The first-order chi connectivity index (χ1) is 5.56. The van der Waals surface area contributed by atoms with E-state index >= 15 is 0 Å². The second kappa shape index (κ2) is 3.54. The van der Waals surface area contributed by atoms with Gasteiger partial charge >= 0.3 is 0 Å². The van der Waals surface area contributed by atoms with Crippen molar-refractivity contribution in [3.63, 3.8) is 0 Å². The maximum atomic E-state index is 11.0. The predicted molar refractivity (Wildman–Crippen MR) is 48.9 cm³/mol. The van der Waals surface area contributed by atoms with Gasteiger partial charge in [-0.15, -0.1) is 0 Å². The van der Waals surface area contributed by atoms with Crippen molar-refractivity contribution in [2.24, 2.45) is 5.73 Å². The average Bonchev–Trinajstić information content (AvgIpc) is 2.05. The van der Waals surface area contributed by atoms with Gasteiger partial charge in [-0.25, -0.2) is 0 Å². The largest absolute Gasteiger partial charge is 0.329 e. The molecular formula is C9H18N2O. The zero-order valence-corrected chi connectivity index (χ0v) is 7.97. The van der Waals surface area contributed by atoms with Gasteiger partial charge in [-0.05, 0) is 13.8 Å². The van der Waals surface area contributed by atoms with Crippen LogP contribution in [0.4, 0.5) is 0 Å².